The molecule has 0 unspecified atom stereocenters. The van der Waals surface area contributed by atoms with E-state index in [4.69, 9.17) is 0 Å². The first-order chi connectivity index (χ1) is 6.65. The van der Waals surface area contributed by atoms with Gasteiger partial charge in [-0.2, -0.15) is 0 Å². The molecule has 0 aliphatic rings. The molecule has 0 atom stereocenters. The molecular weight excluding hydrogens is 174 g/mol. The van der Waals surface area contributed by atoms with Crippen molar-refractivity contribution in [1.29, 1.82) is 0 Å². The summed E-state index contributed by atoms with van der Waals surface area (Å²) >= 11 is 0. The van der Waals surface area contributed by atoms with E-state index in [-0.39, 0.29) is 0 Å². The van der Waals surface area contributed by atoms with Gasteiger partial charge >= 0.3 is 0 Å². The van der Waals surface area contributed by atoms with Gasteiger partial charge in [-0.05, 0) is 20.5 Å². The standard InChI is InChI=1S/C9H17N3.C2H6/c1-5-11(3)7-9-6-10-8(2)12(9)4;1-2/h6H,5,7H2,1-4H3;1-2H3. The van der Waals surface area contributed by atoms with Crippen LogP contribution in [0, 0.1) is 6.92 Å². The Morgan fingerprint density at radius 3 is 2.36 bits per heavy atom. The van der Waals surface area contributed by atoms with E-state index >= 15 is 0 Å². The molecule has 0 aliphatic carbocycles. The predicted octanol–water partition coefficient (Wildman–Crippen LogP) is 2.21. The minimum absolute atomic E-state index is 0.980. The average Bonchev–Trinajstić information content (AvgIpc) is 2.52. The van der Waals surface area contributed by atoms with Crippen LogP contribution in [0.5, 0.6) is 0 Å². The summed E-state index contributed by atoms with van der Waals surface area (Å²) in [6, 6.07) is 0. The molecule has 1 rings (SSSR count). The van der Waals surface area contributed by atoms with Gasteiger partial charge in [-0.3, -0.25) is 0 Å². The van der Waals surface area contributed by atoms with Gasteiger partial charge in [0, 0.05) is 19.8 Å². The molecule has 0 fully saturated rings. The van der Waals surface area contributed by atoms with E-state index in [1.807, 2.05) is 27.0 Å². The molecule has 0 bridgehead atoms. The zero-order valence-electron chi connectivity index (χ0n) is 10.3. The summed E-state index contributed by atoms with van der Waals surface area (Å²) in [6.45, 7) is 10.2. The maximum atomic E-state index is 4.24. The maximum Gasteiger partial charge on any atom is 0.105 e. The van der Waals surface area contributed by atoms with Crippen LogP contribution in [0.15, 0.2) is 6.20 Å². The highest BCUT2D eigenvalue weighted by molar-refractivity contribution is 5.03. The van der Waals surface area contributed by atoms with Gasteiger partial charge in [-0.1, -0.05) is 20.8 Å². The zero-order chi connectivity index (χ0) is 11.1. The molecule has 0 aliphatic heterocycles. The Morgan fingerprint density at radius 2 is 2.00 bits per heavy atom. The monoisotopic (exact) mass is 197 g/mol. The van der Waals surface area contributed by atoms with E-state index in [1.54, 1.807) is 0 Å². The van der Waals surface area contributed by atoms with E-state index < -0.39 is 0 Å². The van der Waals surface area contributed by atoms with E-state index in [9.17, 15) is 0 Å². The highest BCUT2D eigenvalue weighted by Gasteiger charge is 2.03. The quantitative estimate of drug-likeness (QED) is 0.740. The van der Waals surface area contributed by atoms with Gasteiger partial charge in [-0.25, -0.2) is 4.98 Å². The molecule has 0 aromatic carbocycles. The maximum absolute atomic E-state index is 4.24. The van der Waals surface area contributed by atoms with Crippen LogP contribution in [0.4, 0.5) is 0 Å². The lowest BCUT2D eigenvalue weighted by Gasteiger charge is -2.13. The zero-order valence-corrected chi connectivity index (χ0v) is 10.3. The SMILES string of the molecule is CC.CCN(C)Cc1cnc(C)n1C. The molecule has 0 saturated carbocycles. The van der Waals surface area contributed by atoms with Crippen LogP contribution in [-0.4, -0.2) is 28.0 Å². The molecule has 82 valence electrons. The molecule has 1 aromatic rings. The number of aromatic nitrogens is 2. The van der Waals surface area contributed by atoms with Crippen molar-refractivity contribution < 1.29 is 0 Å². The third kappa shape index (κ3) is 3.50. The summed E-state index contributed by atoms with van der Waals surface area (Å²) in [6.07, 6.45) is 1.95. The van der Waals surface area contributed by atoms with E-state index in [2.05, 4.69) is 35.5 Å². The van der Waals surface area contributed by atoms with E-state index in [0.29, 0.717) is 0 Å². The van der Waals surface area contributed by atoms with Crippen molar-refractivity contribution in [2.75, 3.05) is 13.6 Å². The fraction of sp³-hybridized carbons (Fsp3) is 0.727. The molecule has 0 saturated heterocycles. The van der Waals surface area contributed by atoms with Gasteiger partial charge in [-0.15, -0.1) is 0 Å². The number of imidazole rings is 1. The van der Waals surface area contributed by atoms with Crippen molar-refractivity contribution in [1.82, 2.24) is 14.5 Å². The van der Waals surface area contributed by atoms with Gasteiger partial charge in [0.1, 0.15) is 5.82 Å². The first kappa shape index (κ1) is 13.2. The molecule has 1 heterocycles. The Balaban J connectivity index is 0.000000791. The van der Waals surface area contributed by atoms with E-state index in [1.165, 1.54) is 5.69 Å². The van der Waals surface area contributed by atoms with Crippen molar-refractivity contribution in [2.24, 2.45) is 7.05 Å². The minimum atomic E-state index is 0.980. The largest absolute Gasteiger partial charge is 0.334 e. The third-order valence-corrected chi connectivity index (χ3v) is 2.29. The smallest absolute Gasteiger partial charge is 0.105 e. The van der Waals surface area contributed by atoms with Crippen LogP contribution in [0.2, 0.25) is 0 Å². The fourth-order valence-electron chi connectivity index (χ4n) is 1.08. The summed E-state index contributed by atoms with van der Waals surface area (Å²) in [4.78, 5) is 6.50. The van der Waals surface area contributed by atoms with Gasteiger partial charge in [0.05, 0.1) is 5.69 Å². The Hall–Kier alpha value is -0.830. The van der Waals surface area contributed by atoms with Crippen molar-refractivity contribution in [3.05, 3.63) is 17.7 Å². The molecular formula is C11H23N3. The van der Waals surface area contributed by atoms with E-state index in [0.717, 1.165) is 18.9 Å². The first-order valence-corrected chi connectivity index (χ1v) is 5.31. The highest BCUT2D eigenvalue weighted by atomic mass is 15.1. The number of hydrogen-bond donors (Lipinski definition) is 0. The van der Waals surface area contributed by atoms with Gasteiger partial charge in [0.15, 0.2) is 0 Å². The van der Waals surface area contributed by atoms with Crippen LogP contribution in [-0.2, 0) is 13.6 Å². The molecule has 1 aromatic heterocycles. The van der Waals surface area contributed by atoms with Gasteiger partial charge < -0.3 is 9.47 Å². The number of rotatable bonds is 3. The molecule has 0 amide bonds. The number of nitrogens with zero attached hydrogens (tertiary/aromatic N) is 3. The molecule has 0 spiro atoms. The number of hydrogen-bond acceptors (Lipinski definition) is 2. The van der Waals surface area contributed by atoms with Crippen LogP contribution in [0.3, 0.4) is 0 Å². The second-order valence-electron chi connectivity index (χ2n) is 3.19. The Labute approximate surface area is 87.8 Å². The lowest BCUT2D eigenvalue weighted by atomic mass is 10.4. The summed E-state index contributed by atoms with van der Waals surface area (Å²) in [5.74, 6) is 1.08. The molecule has 0 radical (unpaired) electrons. The van der Waals surface area contributed by atoms with Crippen molar-refractivity contribution in [3.63, 3.8) is 0 Å². The Morgan fingerprint density at radius 1 is 1.43 bits per heavy atom. The van der Waals surface area contributed by atoms with Gasteiger partial charge in [0.25, 0.3) is 0 Å². The summed E-state index contributed by atoms with van der Waals surface area (Å²) in [5.41, 5.74) is 1.27. The first-order valence-electron chi connectivity index (χ1n) is 5.31. The Bertz CT molecular complexity index is 253. The summed E-state index contributed by atoms with van der Waals surface area (Å²) in [5, 5.41) is 0. The lowest BCUT2D eigenvalue weighted by Crippen LogP contribution is -2.18. The summed E-state index contributed by atoms with van der Waals surface area (Å²) in [7, 11) is 4.17. The molecule has 14 heavy (non-hydrogen) atoms. The Kier molecular flexibility index (Phi) is 6.21. The second kappa shape index (κ2) is 6.60. The normalized spacial score (nSPS) is 9.93. The van der Waals surface area contributed by atoms with Crippen molar-refractivity contribution in [3.8, 4) is 0 Å². The fourth-order valence-corrected chi connectivity index (χ4v) is 1.08. The lowest BCUT2D eigenvalue weighted by molar-refractivity contribution is 0.337. The second-order valence-corrected chi connectivity index (χ2v) is 3.19. The van der Waals surface area contributed by atoms with Crippen molar-refractivity contribution in [2.45, 2.75) is 34.2 Å². The third-order valence-electron chi connectivity index (χ3n) is 2.29. The number of aryl methyl sites for hydroxylation is 1. The predicted molar refractivity (Wildman–Crippen MR) is 61.3 cm³/mol. The van der Waals surface area contributed by atoms with Crippen LogP contribution >= 0.6 is 0 Å². The van der Waals surface area contributed by atoms with Gasteiger partial charge in [0.2, 0.25) is 0 Å². The average molecular weight is 197 g/mol. The van der Waals surface area contributed by atoms with Crippen LogP contribution < -0.4 is 0 Å². The summed E-state index contributed by atoms with van der Waals surface area (Å²) < 4.78 is 2.13. The van der Waals surface area contributed by atoms with Crippen molar-refractivity contribution >= 4 is 0 Å². The molecule has 3 nitrogen and oxygen atoms in total. The minimum Gasteiger partial charge on any atom is -0.334 e. The topological polar surface area (TPSA) is 21.1 Å². The van der Waals surface area contributed by atoms with Crippen LogP contribution in [0.25, 0.3) is 0 Å². The molecule has 3 heteroatoms. The highest BCUT2D eigenvalue weighted by Crippen LogP contribution is 2.03. The molecule has 0 N–H and O–H groups in total. The van der Waals surface area contributed by atoms with Crippen LogP contribution in [0.1, 0.15) is 32.3 Å².